The highest BCUT2D eigenvalue weighted by molar-refractivity contribution is 7.71. The van der Waals surface area contributed by atoms with Gasteiger partial charge in [0.05, 0.1) is 6.21 Å². The molecule has 2 N–H and O–H groups in total. The number of rotatable bonds is 4. The van der Waals surface area contributed by atoms with Crippen LogP contribution in [-0.2, 0) is 0 Å². The molecular formula is C14H23N5O2S. The van der Waals surface area contributed by atoms with Gasteiger partial charge in [0, 0.05) is 32.2 Å². The summed E-state index contributed by atoms with van der Waals surface area (Å²) in [5, 5.41) is 16.6. The summed E-state index contributed by atoms with van der Waals surface area (Å²) < 4.78 is 1.79. The van der Waals surface area contributed by atoms with Crippen molar-refractivity contribution in [2.45, 2.75) is 26.3 Å². The number of aromatic nitrogens is 2. The number of likely N-dealkylation sites (N-methyl/N-ethyl adjacent to an activating group) is 1. The van der Waals surface area contributed by atoms with Crippen molar-refractivity contribution >= 4 is 18.4 Å². The zero-order valence-electron chi connectivity index (χ0n) is 13.2. The predicted octanol–water partition coefficient (Wildman–Crippen LogP) is 1.16. The molecule has 1 unspecified atom stereocenters. The van der Waals surface area contributed by atoms with Crippen LogP contribution in [0.15, 0.2) is 9.90 Å². The van der Waals surface area contributed by atoms with E-state index in [-0.39, 0.29) is 22.3 Å². The van der Waals surface area contributed by atoms with Gasteiger partial charge in [-0.1, -0.05) is 6.92 Å². The molecule has 0 aliphatic carbocycles. The first-order valence-corrected chi connectivity index (χ1v) is 7.90. The highest BCUT2D eigenvalue weighted by Gasteiger charge is 2.16. The molecule has 1 aromatic rings. The van der Waals surface area contributed by atoms with E-state index >= 15 is 0 Å². The minimum absolute atomic E-state index is 0.000126. The highest BCUT2D eigenvalue weighted by Crippen LogP contribution is 2.20. The molecule has 1 aliphatic heterocycles. The molecule has 1 saturated heterocycles. The van der Waals surface area contributed by atoms with Gasteiger partial charge in [0.1, 0.15) is 5.56 Å². The molecular weight excluding hydrogens is 302 g/mol. The van der Waals surface area contributed by atoms with Gasteiger partial charge in [0.15, 0.2) is 4.77 Å². The lowest BCUT2D eigenvalue weighted by atomic mass is 10.2. The molecule has 1 atom stereocenters. The standard InChI is InChI=1S/C14H23N5O2S/c1-4-10(2)19-13(21)11(12(20)16-14(19)22)9-15-18-7-5-17(3)6-8-18/h9-10,21H,4-8H2,1-3H3,(H,16,20,22). The molecule has 0 amide bonds. The molecule has 1 fully saturated rings. The van der Waals surface area contributed by atoms with Crippen LogP contribution in [0.1, 0.15) is 31.9 Å². The lowest BCUT2D eigenvalue weighted by Gasteiger charge is -2.30. The van der Waals surface area contributed by atoms with E-state index in [2.05, 4.69) is 22.0 Å². The number of hydrogen-bond acceptors (Lipinski definition) is 6. The second kappa shape index (κ2) is 7.06. The molecule has 0 bridgehead atoms. The Morgan fingerprint density at radius 1 is 1.41 bits per heavy atom. The third kappa shape index (κ3) is 3.56. The zero-order chi connectivity index (χ0) is 16.3. The van der Waals surface area contributed by atoms with E-state index in [1.807, 2.05) is 18.9 Å². The predicted molar refractivity (Wildman–Crippen MR) is 89.2 cm³/mol. The van der Waals surface area contributed by atoms with E-state index in [1.54, 1.807) is 4.57 Å². The summed E-state index contributed by atoms with van der Waals surface area (Å²) >= 11 is 5.14. The van der Waals surface area contributed by atoms with Crippen molar-refractivity contribution in [1.82, 2.24) is 19.5 Å². The monoisotopic (exact) mass is 325 g/mol. The van der Waals surface area contributed by atoms with Gasteiger partial charge < -0.3 is 10.0 Å². The smallest absolute Gasteiger partial charge is 0.264 e. The first-order chi connectivity index (χ1) is 10.4. The summed E-state index contributed by atoms with van der Waals surface area (Å²) in [4.78, 5) is 16.9. The van der Waals surface area contributed by atoms with Crippen molar-refractivity contribution in [2.75, 3.05) is 33.2 Å². The quantitative estimate of drug-likeness (QED) is 0.642. The van der Waals surface area contributed by atoms with Crippen LogP contribution >= 0.6 is 12.2 Å². The van der Waals surface area contributed by atoms with Crippen molar-refractivity contribution in [1.29, 1.82) is 0 Å². The summed E-state index contributed by atoms with van der Waals surface area (Å²) in [6.45, 7) is 7.39. The maximum atomic E-state index is 12.0. The SMILES string of the molecule is CCC(C)n1c(O)c(C=NN2CCN(C)CC2)c(=O)[nH]c1=S. The number of H-pyrrole nitrogens is 1. The molecule has 0 saturated carbocycles. The Morgan fingerprint density at radius 3 is 2.64 bits per heavy atom. The summed E-state index contributed by atoms with van der Waals surface area (Å²) in [5.74, 6) is -0.124. The fourth-order valence-corrected chi connectivity index (χ4v) is 2.67. The molecule has 1 aromatic heterocycles. The number of piperazine rings is 1. The summed E-state index contributed by atoms with van der Waals surface area (Å²) in [7, 11) is 2.06. The molecule has 1 aliphatic rings. The molecule has 22 heavy (non-hydrogen) atoms. The molecule has 0 aromatic carbocycles. The van der Waals surface area contributed by atoms with Crippen LogP contribution in [0.2, 0.25) is 0 Å². The highest BCUT2D eigenvalue weighted by atomic mass is 32.1. The van der Waals surface area contributed by atoms with Crippen molar-refractivity contribution in [3.8, 4) is 5.88 Å². The third-order valence-electron chi connectivity index (χ3n) is 4.01. The van der Waals surface area contributed by atoms with Gasteiger partial charge in [0.25, 0.3) is 5.56 Å². The van der Waals surface area contributed by atoms with Gasteiger partial charge in [-0.15, -0.1) is 0 Å². The minimum atomic E-state index is -0.417. The fraction of sp³-hybridized carbons (Fsp3) is 0.643. The summed E-state index contributed by atoms with van der Waals surface area (Å²) in [6, 6.07) is 0.000126. The molecule has 122 valence electrons. The average Bonchev–Trinajstić information content (AvgIpc) is 2.48. The van der Waals surface area contributed by atoms with E-state index in [9.17, 15) is 9.90 Å². The first kappa shape index (κ1) is 16.7. The molecule has 8 heteroatoms. The van der Waals surface area contributed by atoms with E-state index in [0.717, 1.165) is 32.6 Å². The van der Waals surface area contributed by atoms with Gasteiger partial charge in [-0.2, -0.15) is 5.10 Å². The van der Waals surface area contributed by atoms with Crippen LogP contribution in [-0.4, -0.2) is 64.0 Å². The van der Waals surface area contributed by atoms with E-state index in [1.165, 1.54) is 6.21 Å². The third-order valence-corrected chi connectivity index (χ3v) is 4.31. The molecule has 2 rings (SSSR count). The second-order valence-corrected chi connectivity index (χ2v) is 6.01. The summed E-state index contributed by atoms with van der Waals surface area (Å²) in [5.41, 5.74) is -0.271. The maximum absolute atomic E-state index is 12.0. The van der Waals surface area contributed by atoms with Crippen molar-refractivity contribution in [3.63, 3.8) is 0 Å². The average molecular weight is 325 g/mol. The number of nitrogens with zero attached hydrogens (tertiary/aromatic N) is 4. The van der Waals surface area contributed by atoms with Crippen LogP contribution < -0.4 is 5.56 Å². The summed E-state index contributed by atoms with van der Waals surface area (Å²) in [6.07, 6.45) is 2.22. The van der Waals surface area contributed by atoms with Gasteiger partial charge in [0.2, 0.25) is 5.88 Å². The fourth-order valence-electron chi connectivity index (χ4n) is 2.31. The van der Waals surface area contributed by atoms with Crippen LogP contribution in [0.3, 0.4) is 0 Å². The lowest BCUT2D eigenvalue weighted by molar-refractivity contribution is 0.159. The van der Waals surface area contributed by atoms with Gasteiger partial charge in [-0.05, 0) is 32.6 Å². The topological polar surface area (TPSA) is 76.9 Å². The molecule has 2 heterocycles. The Labute approximate surface area is 134 Å². The van der Waals surface area contributed by atoms with Crippen molar-refractivity contribution < 1.29 is 5.11 Å². The van der Waals surface area contributed by atoms with Crippen LogP contribution in [0.25, 0.3) is 0 Å². The zero-order valence-corrected chi connectivity index (χ0v) is 14.1. The number of hydrazone groups is 1. The van der Waals surface area contributed by atoms with Gasteiger partial charge >= 0.3 is 0 Å². The number of hydrogen-bond donors (Lipinski definition) is 2. The Morgan fingerprint density at radius 2 is 2.05 bits per heavy atom. The van der Waals surface area contributed by atoms with Gasteiger partial charge in [-0.3, -0.25) is 19.4 Å². The van der Waals surface area contributed by atoms with Gasteiger partial charge in [-0.25, -0.2) is 0 Å². The van der Waals surface area contributed by atoms with Crippen LogP contribution in [0.5, 0.6) is 5.88 Å². The Kier molecular flexibility index (Phi) is 5.36. The number of aromatic amines is 1. The van der Waals surface area contributed by atoms with Crippen molar-refractivity contribution in [3.05, 3.63) is 20.7 Å². The Bertz CT molecular complexity index is 658. The molecule has 7 nitrogen and oxygen atoms in total. The van der Waals surface area contributed by atoms with Crippen molar-refractivity contribution in [2.24, 2.45) is 5.10 Å². The minimum Gasteiger partial charge on any atom is -0.494 e. The van der Waals surface area contributed by atoms with E-state index in [4.69, 9.17) is 12.2 Å². The second-order valence-electron chi connectivity index (χ2n) is 5.63. The molecule has 0 spiro atoms. The van der Waals surface area contributed by atoms with E-state index < -0.39 is 5.56 Å². The normalized spacial score (nSPS) is 18.0. The lowest BCUT2D eigenvalue weighted by Crippen LogP contribution is -2.41. The van der Waals surface area contributed by atoms with E-state index in [0.29, 0.717) is 0 Å². The maximum Gasteiger partial charge on any atom is 0.264 e. The van der Waals surface area contributed by atoms with Crippen LogP contribution in [0, 0.1) is 4.77 Å². The Hall–Kier alpha value is -1.67. The van der Waals surface area contributed by atoms with Crippen LogP contribution in [0.4, 0.5) is 0 Å². The molecule has 0 radical (unpaired) electrons. The number of nitrogens with one attached hydrogen (secondary N) is 1. The Balaban J connectivity index is 2.31. The number of aromatic hydroxyl groups is 1. The largest absolute Gasteiger partial charge is 0.494 e. The first-order valence-electron chi connectivity index (χ1n) is 7.49.